The zero-order chi connectivity index (χ0) is 14.6. The number of carbonyl (C=O) groups excluding carboxylic acids is 1. The highest BCUT2D eigenvalue weighted by molar-refractivity contribution is 5.80. The van der Waals surface area contributed by atoms with E-state index in [9.17, 15) is 4.79 Å². The molecular formula is C15H28N4O. The number of amides is 1. The van der Waals surface area contributed by atoms with Crippen molar-refractivity contribution in [1.82, 2.24) is 15.5 Å². The van der Waals surface area contributed by atoms with Gasteiger partial charge >= 0.3 is 0 Å². The van der Waals surface area contributed by atoms with Gasteiger partial charge in [-0.1, -0.05) is 20.3 Å². The highest BCUT2D eigenvalue weighted by Gasteiger charge is 2.43. The zero-order valence-electron chi connectivity index (χ0n) is 13.0. The third-order valence-corrected chi connectivity index (χ3v) is 4.60. The van der Waals surface area contributed by atoms with Crippen molar-refractivity contribution in [1.29, 1.82) is 0 Å². The smallest absolute Gasteiger partial charge is 0.222 e. The number of hydrogen-bond donors (Lipinski definition) is 2. The van der Waals surface area contributed by atoms with Crippen LogP contribution in [0, 0.1) is 11.3 Å². The molecule has 2 aliphatic rings. The summed E-state index contributed by atoms with van der Waals surface area (Å²) < 4.78 is 0. The summed E-state index contributed by atoms with van der Waals surface area (Å²) in [5.41, 5.74) is 0.587. The first-order chi connectivity index (χ1) is 9.56. The Kier molecular flexibility index (Phi) is 4.89. The fraction of sp³-hybridized carbons (Fsp3) is 0.867. The number of carbonyl (C=O) groups is 1. The molecule has 1 amide bonds. The Morgan fingerprint density at radius 3 is 2.45 bits per heavy atom. The van der Waals surface area contributed by atoms with Gasteiger partial charge in [-0.05, 0) is 24.7 Å². The van der Waals surface area contributed by atoms with E-state index in [0.29, 0.717) is 12.0 Å². The fourth-order valence-corrected chi connectivity index (χ4v) is 3.10. The summed E-state index contributed by atoms with van der Waals surface area (Å²) >= 11 is 0. The Morgan fingerprint density at radius 1 is 1.25 bits per heavy atom. The average Bonchev–Trinajstić information content (AvgIpc) is 2.83. The fourth-order valence-electron chi connectivity index (χ4n) is 3.10. The third kappa shape index (κ3) is 3.44. The topological polar surface area (TPSA) is 56.7 Å². The van der Waals surface area contributed by atoms with Crippen LogP contribution in [0.15, 0.2) is 4.99 Å². The molecule has 1 heterocycles. The van der Waals surface area contributed by atoms with Gasteiger partial charge in [0.2, 0.25) is 5.91 Å². The van der Waals surface area contributed by atoms with Crippen molar-refractivity contribution in [2.24, 2.45) is 16.3 Å². The number of rotatable bonds is 4. The molecule has 1 saturated carbocycles. The number of guanidine groups is 1. The monoisotopic (exact) mass is 280 g/mol. The molecular weight excluding hydrogens is 252 g/mol. The Bertz CT molecular complexity index is 374. The maximum absolute atomic E-state index is 11.5. The van der Waals surface area contributed by atoms with E-state index in [1.807, 2.05) is 20.9 Å². The van der Waals surface area contributed by atoms with Crippen molar-refractivity contribution in [2.45, 2.75) is 39.5 Å². The van der Waals surface area contributed by atoms with Crippen LogP contribution in [-0.2, 0) is 4.79 Å². The first-order valence-corrected chi connectivity index (χ1v) is 7.80. The molecule has 0 aromatic carbocycles. The molecule has 2 N–H and O–H groups in total. The molecule has 2 fully saturated rings. The number of nitrogens with zero attached hydrogens (tertiary/aromatic N) is 2. The number of aliphatic imine (C=N–C) groups is 1. The first-order valence-electron chi connectivity index (χ1n) is 7.80. The minimum absolute atomic E-state index is 0.0476. The predicted molar refractivity (Wildman–Crippen MR) is 81.7 cm³/mol. The van der Waals surface area contributed by atoms with E-state index in [2.05, 4.69) is 20.5 Å². The number of likely N-dealkylation sites (tertiary alicyclic amines) is 1. The van der Waals surface area contributed by atoms with Crippen molar-refractivity contribution < 1.29 is 4.79 Å². The summed E-state index contributed by atoms with van der Waals surface area (Å²) in [7, 11) is 1.83. The second-order valence-corrected chi connectivity index (χ2v) is 6.44. The van der Waals surface area contributed by atoms with Crippen LogP contribution in [0.1, 0.15) is 39.5 Å². The lowest BCUT2D eigenvalue weighted by molar-refractivity contribution is -0.123. The first kappa shape index (κ1) is 15.1. The molecule has 0 aromatic heterocycles. The lowest BCUT2D eigenvalue weighted by Gasteiger charge is -2.38. The Morgan fingerprint density at radius 2 is 1.95 bits per heavy atom. The van der Waals surface area contributed by atoms with Crippen LogP contribution >= 0.6 is 0 Å². The van der Waals surface area contributed by atoms with Gasteiger partial charge in [-0.25, -0.2) is 0 Å². The second-order valence-electron chi connectivity index (χ2n) is 6.44. The van der Waals surface area contributed by atoms with Crippen molar-refractivity contribution >= 4 is 11.9 Å². The van der Waals surface area contributed by atoms with Crippen molar-refractivity contribution in [3.05, 3.63) is 0 Å². The molecule has 0 atom stereocenters. The van der Waals surface area contributed by atoms with Crippen LogP contribution in [0.5, 0.6) is 0 Å². The summed E-state index contributed by atoms with van der Waals surface area (Å²) in [5, 5.41) is 6.27. The maximum Gasteiger partial charge on any atom is 0.222 e. The van der Waals surface area contributed by atoms with E-state index < -0.39 is 0 Å². The summed E-state index contributed by atoms with van der Waals surface area (Å²) in [6, 6.07) is 0. The van der Waals surface area contributed by atoms with Gasteiger partial charge in [-0.3, -0.25) is 9.79 Å². The van der Waals surface area contributed by atoms with E-state index in [1.165, 1.54) is 25.7 Å². The zero-order valence-corrected chi connectivity index (χ0v) is 13.0. The summed E-state index contributed by atoms with van der Waals surface area (Å²) in [5.74, 6) is 1.13. The molecule has 0 unspecified atom stereocenters. The van der Waals surface area contributed by atoms with Gasteiger partial charge in [-0.15, -0.1) is 0 Å². The van der Waals surface area contributed by atoms with Crippen LogP contribution in [0.25, 0.3) is 0 Å². The van der Waals surface area contributed by atoms with Crippen LogP contribution in [0.4, 0.5) is 0 Å². The Labute approximate surface area is 122 Å². The lowest BCUT2D eigenvalue weighted by Crippen LogP contribution is -2.45. The van der Waals surface area contributed by atoms with Gasteiger partial charge in [0.15, 0.2) is 5.96 Å². The minimum atomic E-state index is 0.0476. The molecule has 2 rings (SSSR count). The number of nitrogens with one attached hydrogen (secondary N) is 2. The van der Waals surface area contributed by atoms with Crippen LogP contribution < -0.4 is 10.6 Å². The minimum Gasteiger partial charge on any atom is -0.354 e. The average molecular weight is 280 g/mol. The van der Waals surface area contributed by atoms with Gasteiger partial charge in [0.05, 0.1) is 0 Å². The van der Waals surface area contributed by atoms with Gasteiger partial charge in [0.25, 0.3) is 0 Å². The van der Waals surface area contributed by atoms with Crippen LogP contribution in [0.3, 0.4) is 0 Å². The van der Waals surface area contributed by atoms with Crippen molar-refractivity contribution in [2.75, 3.05) is 33.2 Å². The molecule has 5 nitrogen and oxygen atoms in total. The van der Waals surface area contributed by atoms with Crippen molar-refractivity contribution in [3.8, 4) is 0 Å². The van der Waals surface area contributed by atoms with Gasteiger partial charge < -0.3 is 15.5 Å². The predicted octanol–water partition coefficient (Wildman–Crippen LogP) is 1.21. The quantitative estimate of drug-likeness (QED) is 0.462. The standard InChI is InChI=1S/C15H28N4O/c1-12(2)13(20)17-8-9-18-14(16-3)19-10-7-15(11-19)5-4-6-15/h12H,4-11H2,1-3H3,(H,16,18)(H,17,20). The molecule has 1 aliphatic carbocycles. The molecule has 0 radical (unpaired) electrons. The molecule has 1 saturated heterocycles. The van der Waals surface area contributed by atoms with Gasteiger partial charge in [-0.2, -0.15) is 0 Å². The molecule has 20 heavy (non-hydrogen) atoms. The summed E-state index contributed by atoms with van der Waals surface area (Å²) in [6.07, 6.45) is 5.45. The highest BCUT2D eigenvalue weighted by Crippen LogP contribution is 2.47. The maximum atomic E-state index is 11.5. The normalized spacial score (nSPS) is 21.2. The Hall–Kier alpha value is -1.26. The van der Waals surface area contributed by atoms with Gasteiger partial charge in [0.1, 0.15) is 0 Å². The number of hydrogen-bond acceptors (Lipinski definition) is 2. The van der Waals surface area contributed by atoms with E-state index in [1.54, 1.807) is 0 Å². The highest BCUT2D eigenvalue weighted by atomic mass is 16.1. The Balaban J connectivity index is 1.70. The molecule has 5 heteroatoms. The van der Waals surface area contributed by atoms with E-state index in [0.717, 1.165) is 25.6 Å². The van der Waals surface area contributed by atoms with Crippen LogP contribution in [0.2, 0.25) is 0 Å². The summed E-state index contributed by atoms with van der Waals surface area (Å²) in [6.45, 7) is 7.45. The third-order valence-electron chi connectivity index (χ3n) is 4.60. The van der Waals surface area contributed by atoms with E-state index >= 15 is 0 Å². The van der Waals surface area contributed by atoms with E-state index in [4.69, 9.17) is 0 Å². The molecule has 1 aliphatic heterocycles. The molecule has 0 aromatic rings. The van der Waals surface area contributed by atoms with E-state index in [-0.39, 0.29) is 11.8 Å². The largest absolute Gasteiger partial charge is 0.354 e. The lowest BCUT2D eigenvalue weighted by atomic mass is 9.68. The second kappa shape index (κ2) is 6.46. The van der Waals surface area contributed by atoms with Gasteiger partial charge in [0, 0.05) is 39.1 Å². The SMILES string of the molecule is CN=C(NCCNC(=O)C(C)C)N1CCC2(CCC2)C1. The van der Waals surface area contributed by atoms with Crippen molar-refractivity contribution in [3.63, 3.8) is 0 Å². The summed E-state index contributed by atoms with van der Waals surface area (Å²) in [4.78, 5) is 18.2. The molecule has 1 spiro atoms. The van der Waals surface area contributed by atoms with Crippen LogP contribution in [-0.4, -0.2) is 50.0 Å². The molecule has 114 valence electrons. The molecule has 0 bridgehead atoms.